The van der Waals surface area contributed by atoms with Crippen LogP contribution in [0.2, 0.25) is 0 Å². The Morgan fingerprint density at radius 1 is 0.895 bits per heavy atom. The Morgan fingerprint density at radius 3 is 2.05 bits per heavy atom. The predicted molar refractivity (Wildman–Crippen MR) is 87.1 cm³/mol. The molecule has 0 saturated heterocycles. The fourth-order valence-electron chi connectivity index (χ4n) is 1.94. The summed E-state index contributed by atoms with van der Waals surface area (Å²) in [6.45, 7) is 4.14. The first-order valence-electron chi connectivity index (χ1n) is 6.41. The quantitative estimate of drug-likeness (QED) is 0.767. The van der Waals surface area contributed by atoms with Crippen molar-refractivity contribution in [1.29, 1.82) is 0 Å². The molecule has 0 aliphatic rings. The minimum atomic E-state index is 0. The van der Waals surface area contributed by atoms with E-state index in [-0.39, 0.29) is 12.4 Å². The van der Waals surface area contributed by atoms with E-state index in [4.69, 9.17) is 0 Å². The summed E-state index contributed by atoms with van der Waals surface area (Å²) in [5.74, 6) is 0. The number of benzene rings is 2. The highest BCUT2D eigenvalue weighted by Crippen LogP contribution is 2.12. The van der Waals surface area contributed by atoms with Gasteiger partial charge in [-0.2, -0.15) is 0 Å². The molecular formula is C17H20ClN. The second-order valence-electron chi connectivity index (χ2n) is 4.19. The molecule has 2 heteroatoms. The molecule has 0 heterocycles. The summed E-state index contributed by atoms with van der Waals surface area (Å²) in [7, 11) is 0. The molecule has 0 spiro atoms. The Kier molecular flexibility index (Phi) is 6.76. The average Bonchev–Trinajstić information content (AvgIpc) is 2.46. The normalized spacial score (nSPS) is 10.2. The summed E-state index contributed by atoms with van der Waals surface area (Å²) < 4.78 is 0. The standard InChI is InChI=1S/C17H19N.ClH/c1-2-18(17-13-7-4-8-14-17)15-9-12-16-10-5-3-6-11-16;/h3-14H,2,15H2,1H3;1H. The summed E-state index contributed by atoms with van der Waals surface area (Å²) in [5.41, 5.74) is 2.53. The van der Waals surface area contributed by atoms with E-state index in [1.165, 1.54) is 11.3 Å². The van der Waals surface area contributed by atoms with Gasteiger partial charge < -0.3 is 4.90 Å². The fraction of sp³-hybridized carbons (Fsp3) is 0.176. The second-order valence-corrected chi connectivity index (χ2v) is 4.19. The minimum Gasteiger partial charge on any atom is -0.368 e. The SMILES string of the molecule is CCN(CC=Cc1ccccc1)c1ccccc1.Cl. The first-order chi connectivity index (χ1) is 8.90. The minimum absolute atomic E-state index is 0. The van der Waals surface area contributed by atoms with Crippen molar-refractivity contribution in [1.82, 2.24) is 0 Å². The maximum absolute atomic E-state index is 2.35. The lowest BCUT2D eigenvalue weighted by Crippen LogP contribution is -2.22. The molecule has 2 rings (SSSR count). The van der Waals surface area contributed by atoms with E-state index in [9.17, 15) is 0 Å². The van der Waals surface area contributed by atoms with Crippen molar-refractivity contribution in [3.63, 3.8) is 0 Å². The van der Waals surface area contributed by atoms with Gasteiger partial charge in [0.1, 0.15) is 0 Å². The van der Waals surface area contributed by atoms with Crippen LogP contribution in [0.5, 0.6) is 0 Å². The number of nitrogens with zero attached hydrogens (tertiary/aromatic N) is 1. The van der Waals surface area contributed by atoms with Gasteiger partial charge in [-0.3, -0.25) is 0 Å². The van der Waals surface area contributed by atoms with E-state index >= 15 is 0 Å². The highest BCUT2D eigenvalue weighted by Gasteiger charge is 1.99. The van der Waals surface area contributed by atoms with E-state index < -0.39 is 0 Å². The van der Waals surface area contributed by atoms with Gasteiger partial charge in [-0.25, -0.2) is 0 Å². The van der Waals surface area contributed by atoms with Gasteiger partial charge in [0.25, 0.3) is 0 Å². The lowest BCUT2D eigenvalue weighted by atomic mass is 10.2. The first-order valence-corrected chi connectivity index (χ1v) is 6.41. The number of hydrogen-bond acceptors (Lipinski definition) is 1. The molecular weight excluding hydrogens is 254 g/mol. The van der Waals surface area contributed by atoms with Crippen molar-refractivity contribution in [3.05, 3.63) is 72.3 Å². The second kappa shape index (κ2) is 8.39. The number of halogens is 1. The monoisotopic (exact) mass is 273 g/mol. The van der Waals surface area contributed by atoms with Crippen LogP contribution in [-0.2, 0) is 0 Å². The molecule has 0 N–H and O–H groups in total. The molecule has 0 bridgehead atoms. The topological polar surface area (TPSA) is 3.24 Å². The van der Waals surface area contributed by atoms with Gasteiger partial charge in [-0.15, -0.1) is 12.4 Å². The van der Waals surface area contributed by atoms with Crippen LogP contribution in [0.3, 0.4) is 0 Å². The molecule has 0 aromatic heterocycles. The summed E-state index contributed by atoms with van der Waals surface area (Å²) in [4.78, 5) is 2.35. The van der Waals surface area contributed by atoms with Gasteiger partial charge in [-0.05, 0) is 24.6 Å². The largest absolute Gasteiger partial charge is 0.368 e. The number of likely N-dealkylation sites (N-methyl/N-ethyl adjacent to an activating group) is 1. The van der Waals surface area contributed by atoms with Crippen molar-refractivity contribution >= 4 is 24.2 Å². The molecule has 0 fully saturated rings. The Morgan fingerprint density at radius 2 is 1.47 bits per heavy atom. The van der Waals surface area contributed by atoms with Gasteiger partial charge in [0, 0.05) is 18.8 Å². The Balaban J connectivity index is 0.00000180. The number of hydrogen-bond donors (Lipinski definition) is 0. The van der Waals surface area contributed by atoms with Crippen molar-refractivity contribution in [2.75, 3.05) is 18.0 Å². The molecule has 0 aliphatic heterocycles. The molecule has 100 valence electrons. The van der Waals surface area contributed by atoms with Crippen molar-refractivity contribution < 1.29 is 0 Å². The maximum Gasteiger partial charge on any atom is 0.0368 e. The Hall–Kier alpha value is -1.73. The van der Waals surface area contributed by atoms with Gasteiger partial charge in [0.15, 0.2) is 0 Å². The van der Waals surface area contributed by atoms with E-state index in [2.05, 4.69) is 78.6 Å². The molecule has 0 saturated carbocycles. The summed E-state index contributed by atoms with van der Waals surface area (Å²) in [6.07, 6.45) is 4.39. The van der Waals surface area contributed by atoms with Gasteiger partial charge in [0.2, 0.25) is 0 Å². The molecule has 0 unspecified atom stereocenters. The molecule has 2 aromatic rings. The zero-order valence-corrected chi connectivity index (χ0v) is 12.0. The van der Waals surface area contributed by atoms with Crippen LogP contribution in [0.4, 0.5) is 5.69 Å². The number of anilines is 1. The van der Waals surface area contributed by atoms with Crippen LogP contribution in [0.25, 0.3) is 6.08 Å². The Bertz CT molecular complexity index is 479. The zero-order valence-electron chi connectivity index (χ0n) is 11.2. The molecule has 2 aromatic carbocycles. The number of para-hydroxylation sites is 1. The van der Waals surface area contributed by atoms with Crippen LogP contribution < -0.4 is 4.90 Å². The number of rotatable bonds is 5. The van der Waals surface area contributed by atoms with E-state index in [0.717, 1.165) is 13.1 Å². The van der Waals surface area contributed by atoms with Crippen LogP contribution in [-0.4, -0.2) is 13.1 Å². The third-order valence-electron chi connectivity index (χ3n) is 2.94. The van der Waals surface area contributed by atoms with E-state index in [0.29, 0.717) is 0 Å². The van der Waals surface area contributed by atoms with Crippen LogP contribution in [0, 0.1) is 0 Å². The van der Waals surface area contributed by atoms with Gasteiger partial charge in [-0.1, -0.05) is 60.7 Å². The zero-order chi connectivity index (χ0) is 12.6. The Labute approximate surface area is 122 Å². The molecule has 1 nitrogen and oxygen atoms in total. The first kappa shape index (κ1) is 15.3. The van der Waals surface area contributed by atoms with Crippen LogP contribution in [0.15, 0.2) is 66.7 Å². The molecule has 0 radical (unpaired) electrons. The van der Waals surface area contributed by atoms with Crippen molar-refractivity contribution in [2.45, 2.75) is 6.92 Å². The lowest BCUT2D eigenvalue weighted by Gasteiger charge is -2.21. The van der Waals surface area contributed by atoms with Crippen molar-refractivity contribution in [2.24, 2.45) is 0 Å². The van der Waals surface area contributed by atoms with Crippen LogP contribution >= 0.6 is 12.4 Å². The maximum atomic E-state index is 2.35. The highest BCUT2D eigenvalue weighted by atomic mass is 35.5. The van der Waals surface area contributed by atoms with Crippen LogP contribution in [0.1, 0.15) is 12.5 Å². The molecule has 0 amide bonds. The predicted octanol–water partition coefficient (Wildman–Crippen LogP) is 4.65. The van der Waals surface area contributed by atoms with Gasteiger partial charge in [0.05, 0.1) is 0 Å². The average molecular weight is 274 g/mol. The third kappa shape index (κ3) is 4.80. The molecule has 0 aliphatic carbocycles. The highest BCUT2D eigenvalue weighted by molar-refractivity contribution is 5.85. The van der Waals surface area contributed by atoms with Crippen molar-refractivity contribution in [3.8, 4) is 0 Å². The summed E-state index contributed by atoms with van der Waals surface area (Å²) in [5, 5.41) is 0. The lowest BCUT2D eigenvalue weighted by molar-refractivity contribution is 0.907. The molecule has 19 heavy (non-hydrogen) atoms. The van der Waals surface area contributed by atoms with E-state index in [1.54, 1.807) is 0 Å². The smallest absolute Gasteiger partial charge is 0.0368 e. The molecule has 0 atom stereocenters. The summed E-state index contributed by atoms with van der Waals surface area (Å²) in [6, 6.07) is 20.9. The third-order valence-corrected chi connectivity index (χ3v) is 2.94. The summed E-state index contributed by atoms with van der Waals surface area (Å²) >= 11 is 0. The van der Waals surface area contributed by atoms with Gasteiger partial charge >= 0.3 is 0 Å². The fourth-order valence-corrected chi connectivity index (χ4v) is 1.94. The van der Waals surface area contributed by atoms with E-state index in [1.807, 2.05) is 6.07 Å².